The lowest BCUT2D eigenvalue weighted by Gasteiger charge is -2.29. The zero-order chi connectivity index (χ0) is 19.1. The Kier molecular flexibility index (Phi) is 8.97. The predicted molar refractivity (Wildman–Crippen MR) is 120 cm³/mol. The Bertz CT molecular complexity index is 758. The minimum Gasteiger partial charge on any atom is -0.378 e. The van der Waals surface area contributed by atoms with Crippen molar-refractivity contribution in [3.05, 3.63) is 41.4 Å². The molecule has 28 heavy (non-hydrogen) atoms. The second kappa shape index (κ2) is 11.2. The standard InChI is InChI=1S/C19H28N6O2.HI/c1-14(2)17-11-16(27-24-17)13-23-19(20-3)22-12-15-5-4-6-21-18(15)25-7-9-26-10-8-25;/h4-6,11,14H,7-10,12-13H2,1-3H3,(H2,20,22,23);1H. The number of hydrogen-bond acceptors (Lipinski definition) is 6. The van der Waals surface area contributed by atoms with Gasteiger partial charge in [0.2, 0.25) is 0 Å². The van der Waals surface area contributed by atoms with E-state index in [1.54, 1.807) is 7.05 Å². The molecule has 8 nitrogen and oxygen atoms in total. The van der Waals surface area contributed by atoms with Crippen LogP contribution in [0.1, 0.15) is 36.8 Å². The van der Waals surface area contributed by atoms with Gasteiger partial charge in [0.25, 0.3) is 0 Å². The number of rotatable bonds is 6. The Balaban J connectivity index is 0.00000280. The van der Waals surface area contributed by atoms with Gasteiger partial charge in [-0.2, -0.15) is 0 Å². The fraction of sp³-hybridized carbons (Fsp3) is 0.526. The van der Waals surface area contributed by atoms with Crippen LogP contribution in [0.5, 0.6) is 0 Å². The van der Waals surface area contributed by atoms with E-state index in [4.69, 9.17) is 9.26 Å². The Hall–Kier alpha value is -1.88. The molecule has 3 heterocycles. The lowest BCUT2D eigenvalue weighted by Crippen LogP contribution is -2.39. The number of pyridine rings is 1. The van der Waals surface area contributed by atoms with Crippen LogP contribution in [0.3, 0.4) is 0 Å². The van der Waals surface area contributed by atoms with Gasteiger partial charge < -0.3 is 24.8 Å². The normalized spacial score (nSPS) is 14.7. The van der Waals surface area contributed by atoms with Gasteiger partial charge in [0, 0.05) is 44.5 Å². The summed E-state index contributed by atoms with van der Waals surface area (Å²) in [7, 11) is 1.75. The quantitative estimate of drug-likeness (QED) is 0.358. The predicted octanol–water partition coefficient (Wildman–Crippen LogP) is 2.51. The summed E-state index contributed by atoms with van der Waals surface area (Å²) in [6.45, 7) is 8.55. The van der Waals surface area contributed by atoms with Crippen LogP contribution in [0.15, 0.2) is 33.9 Å². The molecule has 0 bridgehead atoms. The largest absolute Gasteiger partial charge is 0.378 e. The van der Waals surface area contributed by atoms with Crippen LogP contribution < -0.4 is 15.5 Å². The number of anilines is 1. The maximum atomic E-state index is 5.44. The third-order valence-corrected chi connectivity index (χ3v) is 4.45. The first-order valence-corrected chi connectivity index (χ1v) is 9.34. The molecule has 1 aliphatic heterocycles. The summed E-state index contributed by atoms with van der Waals surface area (Å²) in [5, 5.41) is 10.7. The topological polar surface area (TPSA) is 87.8 Å². The van der Waals surface area contributed by atoms with Crippen molar-refractivity contribution in [2.45, 2.75) is 32.9 Å². The Labute approximate surface area is 183 Å². The van der Waals surface area contributed by atoms with E-state index in [-0.39, 0.29) is 24.0 Å². The summed E-state index contributed by atoms with van der Waals surface area (Å²) < 4.78 is 10.8. The number of morpholine rings is 1. The van der Waals surface area contributed by atoms with Gasteiger partial charge in [-0.1, -0.05) is 25.1 Å². The van der Waals surface area contributed by atoms with Gasteiger partial charge in [-0.15, -0.1) is 24.0 Å². The molecule has 2 N–H and O–H groups in total. The molecule has 9 heteroatoms. The third-order valence-electron chi connectivity index (χ3n) is 4.45. The van der Waals surface area contributed by atoms with Crippen molar-refractivity contribution in [3.8, 4) is 0 Å². The molecule has 0 unspecified atom stereocenters. The van der Waals surface area contributed by atoms with Gasteiger partial charge in [-0.3, -0.25) is 4.99 Å². The fourth-order valence-electron chi connectivity index (χ4n) is 2.88. The summed E-state index contributed by atoms with van der Waals surface area (Å²) >= 11 is 0. The Morgan fingerprint density at radius 3 is 2.68 bits per heavy atom. The molecule has 0 spiro atoms. The third kappa shape index (κ3) is 6.06. The van der Waals surface area contributed by atoms with Gasteiger partial charge >= 0.3 is 0 Å². The van der Waals surface area contributed by atoms with Gasteiger partial charge in [0.1, 0.15) is 5.82 Å². The van der Waals surface area contributed by atoms with E-state index >= 15 is 0 Å². The van der Waals surface area contributed by atoms with Crippen LogP contribution in [0.25, 0.3) is 0 Å². The maximum Gasteiger partial charge on any atom is 0.191 e. The van der Waals surface area contributed by atoms with Gasteiger partial charge in [-0.05, 0) is 12.0 Å². The van der Waals surface area contributed by atoms with Gasteiger partial charge in [-0.25, -0.2) is 4.98 Å². The van der Waals surface area contributed by atoms with Crippen LogP contribution in [0, 0.1) is 0 Å². The van der Waals surface area contributed by atoms with E-state index in [1.165, 1.54) is 0 Å². The number of aliphatic imine (C=N–C) groups is 1. The highest BCUT2D eigenvalue weighted by atomic mass is 127. The molecule has 0 atom stereocenters. The van der Waals surface area contributed by atoms with Crippen LogP contribution in [-0.2, 0) is 17.8 Å². The Morgan fingerprint density at radius 2 is 2.00 bits per heavy atom. The number of aromatic nitrogens is 2. The molecule has 1 fully saturated rings. The van der Waals surface area contributed by atoms with Crippen LogP contribution in [0.4, 0.5) is 5.82 Å². The molecule has 154 valence electrons. The molecule has 0 amide bonds. The summed E-state index contributed by atoms with van der Waals surface area (Å²) in [4.78, 5) is 11.1. The van der Waals surface area contributed by atoms with Crippen molar-refractivity contribution in [1.29, 1.82) is 0 Å². The molecule has 0 radical (unpaired) electrons. The number of ether oxygens (including phenoxy) is 1. The van der Waals surface area contributed by atoms with Crippen LogP contribution >= 0.6 is 24.0 Å². The minimum absolute atomic E-state index is 0. The van der Waals surface area contributed by atoms with Crippen molar-refractivity contribution >= 4 is 35.8 Å². The Morgan fingerprint density at radius 1 is 1.25 bits per heavy atom. The SMILES string of the molecule is CN=C(NCc1cc(C(C)C)no1)NCc1cccnc1N1CCOCC1.I. The molecule has 0 saturated carbocycles. The van der Waals surface area contributed by atoms with Crippen molar-refractivity contribution in [2.24, 2.45) is 4.99 Å². The van der Waals surface area contributed by atoms with Gasteiger partial charge in [0.15, 0.2) is 11.7 Å². The molecule has 3 rings (SSSR count). The molecule has 1 aliphatic rings. The maximum absolute atomic E-state index is 5.44. The van der Waals surface area contributed by atoms with Crippen molar-refractivity contribution in [3.63, 3.8) is 0 Å². The zero-order valence-electron chi connectivity index (χ0n) is 16.6. The average molecular weight is 500 g/mol. The molecule has 0 aromatic carbocycles. The number of halogens is 1. The molecule has 1 saturated heterocycles. The smallest absolute Gasteiger partial charge is 0.191 e. The highest BCUT2D eigenvalue weighted by Crippen LogP contribution is 2.18. The second-order valence-corrected chi connectivity index (χ2v) is 6.74. The first kappa shape index (κ1) is 22.4. The summed E-state index contributed by atoms with van der Waals surface area (Å²) in [5.74, 6) is 2.84. The highest BCUT2D eigenvalue weighted by molar-refractivity contribution is 14.0. The molecular formula is C19H29IN6O2. The van der Waals surface area contributed by atoms with E-state index in [0.717, 1.165) is 49.1 Å². The monoisotopic (exact) mass is 500 g/mol. The highest BCUT2D eigenvalue weighted by Gasteiger charge is 2.16. The number of guanidine groups is 1. The first-order valence-electron chi connectivity index (χ1n) is 9.34. The van der Waals surface area contributed by atoms with E-state index in [9.17, 15) is 0 Å². The van der Waals surface area contributed by atoms with Crippen molar-refractivity contribution in [2.75, 3.05) is 38.3 Å². The second-order valence-electron chi connectivity index (χ2n) is 6.74. The van der Waals surface area contributed by atoms with E-state index in [1.807, 2.05) is 18.3 Å². The first-order chi connectivity index (χ1) is 13.2. The van der Waals surface area contributed by atoms with Crippen molar-refractivity contribution in [1.82, 2.24) is 20.8 Å². The lowest BCUT2D eigenvalue weighted by atomic mass is 10.1. The summed E-state index contributed by atoms with van der Waals surface area (Å²) in [5.41, 5.74) is 2.09. The molecule has 2 aromatic rings. The van der Waals surface area contributed by atoms with Crippen LogP contribution in [0.2, 0.25) is 0 Å². The number of hydrogen-bond donors (Lipinski definition) is 2. The fourth-order valence-corrected chi connectivity index (χ4v) is 2.88. The molecule has 0 aliphatic carbocycles. The van der Waals surface area contributed by atoms with Gasteiger partial charge in [0.05, 0.1) is 25.5 Å². The summed E-state index contributed by atoms with van der Waals surface area (Å²) in [6, 6.07) is 6.02. The molecule has 2 aromatic heterocycles. The number of nitrogens with one attached hydrogen (secondary N) is 2. The zero-order valence-corrected chi connectivity index (χ0v) is 19.0. The summed E-state index contributed by atoms with van der Waals surface area (Å²) in [6.07, 6.45) is 1.83. The molecular weight excluding hydrogens is 471 g/mol. The van der Waals surface area contributed by atoms with E-state index in [2.05, 4.69) is 50.6 Å². The van der Waals surface area contributed by atoms with E-state index in [0.29, 0.717) is 25.0 Å². The number of nitrogens with zero attached hydrogens (tertiary/aromatic N) is 4. The minimum atomic E-state index is 0. The lowest BCUT2D eigenvalue weighted by molar-refractivity contribution is 0.122. The van der Waals surface area contributed by atoms with E-state index < -0.39 is 0 Å². The van der Waals surface area contributed by atoms with Crippen molar-refractivity contribution < 1.29 is 9.26 Å². The van der Waals surface area contributed by atoms with Crippen LogP contribution in [-0.4, -0.2) is 49.5 Å². The average Bonchev–Trinajstić information content (AvgIpc) is 3.18.